The number of thioether (sulfide) groups is 1. The number of aryl methyl sites for hydroxylation is 1. The molecule has 0 fully saturated rings. The van der Waals surface area contributed by atoms with Crippen molar-refractivity contribution in [3.05, 3.63) is 41.3 Å². The zero-order valence-electron chi connectivity index (χ0n) is 9.40. The summed E-state index contributed by atoms with van der Waals surface area (Å²) < 4.78 is 5.18. The summed E-state index contributed by atoms with van der Waals surface area (Å²) in [7, 11) is 1.71. The molecular weight excluding hydrogens is 204 g/mol. The van der Waals surface area contributed by atoms with Crippen molar-refractivity contribution >= 4 is 11.8 Å². The molecule has 0 unspecified atom stereocenters. The molecule has 15 heavy (non-hydrogen) atoms. The molecule has 1 rings (SSSR count). The van der Waals surface area contributed by atoms with Crippen LogP contribution in [0.25, 0.3) is 0 Å². The van der Waals surface area contributed by atoms with Crippen LogP contribution in [0.15, 0.2) is 35.7 Å². The quantitative estimate of drug-likeness (QED) is 0.675. The van der Waals surface area contributed by atoms with Crippen molar-refractivity contribution in [2.45, 2.75) is 19.3 Å². The first-order chi connectivity index (χ1) is 7.36. The van der Waals surface area contributed by atoms with Crippen LogP contribution in [0.1, 0.15) is 18.4 Å². The number of allylic oxidation sites excluding steroid dienone is 1. The van der Waals surface area contributed by atoms with E-state index in [2.05, 4.69) is 29.9 Å². The van der Waals surface area contributed by atoms with Gasteiger partial charge in [0.05, 0.1) is 7.11 Å². The van der Waals surface area contributed by atoms with Gasteiger partial charge in [0.1, 0.15) is 5.75 Å². The lowest BCUT2D eigenvalue weighted by Gasteiger charge is -2.03. The highest BCUT2D eigenvalue weighted by Gasteiger charge is 1.94. The summed E-state index contributed by atoms with van der Waals surface area (Å²) in [5.41, 5.74) is 1.35. The Morgan fingerprint density at radius 3 is 3.00 bits per heavy atom. The first-order valence-corrected chi connectivity index (χ1v) is 6.46. The van der Waals surface area contributed by atoms with E-state index >= 15 is 0 Å². The minimum Gasteiger partial charge on any atom is -0.497 e. The normalized spacial score (nSPS) is 10.8. The number of methoxy groups -OCH3 is 1. The SMILES string of the molecule is COc1cccc(CCC/C=C/SC)c1. The smallest absolute Gasteiger partial charge is 0.119 e. The van der Waals surface area contributed by atoms with Gasteiger partial charge >= 0.3 is 0 Å². The van der Waals surface area contributed by atoms with Gasteiger partial charge in [-0.25, -0.2) is 0 Å². The molecule has 0 saturated carbocycles. The lowest BCUT2D eigenvalue weighted by Crippen LogP contribution is -1.87. The summed E-state index contributed by atoms with van der Waals surface area (Å²) in [6, 6.07) is 8.29. The number of hydrogen-bond acceptors (Lipinski definition) is 2. The van der Waals surface area contributed by atoms with Gasteiger partial charge in [-0.3, -0.25) is 0 Å². The van der Waals surface area contributed by atoms with Crippen molar-refractivity contribution < 1.29 is 4.74 Å². The van der Waals surface area contributed by atoms with E-state index in [0.29, 0.717) is 0 Å². The Balaban J connectivity index is 2.33. The van der Waals surface area contributed by atoms with Crippen LogP contribution in [0.3, 0.4) is 0 Å². The topological polar surface area (TPSA) is 9.23 Å². The molecule has 0 spiro atoms. The molecule has 0 atom stereocenters. The molecule has 0 heterocycles. The molecule has 0 aliphatic carbocycles. The molecule has 1 aromatic rings. The third-order valence-corrected chi connectivity index (χ3v) is 2.67. The highest BCUT2D eigenvalue weighted by Crippen LogP contribution is 2.14. The Bertz CT molecular complexity index is 307. The van der Waals surface area contributed by atoms with Gasteiger partial charge < -0.3 is 4.74 Å². The Morgan fingerprint density at radius 2 is 2.27 bits per heavy atom. The molecule has 0 aromatic heterocycles. The Morgan fingerprint density at radius 1 is 1.40 bits per heavy atom. The minimum absolute atomic E-state index is 0.951. The standard InChI is InChI=1S/C13H18OS/c1-14-13-9-6-8-12(11-13)7-4-3-5-10-15-2/h5-6,8-11H,3-4,7H2,1-2H3/b10-5+. The molecular formula is C13H18OS. The number of hydrogen-bond donors (Lipinski definition) is 0. The van der Waals surface area contributed by atoms with Crippen LogP contribution in [-0.4, -0.2) is 13.4 Å². The molecule has 0 amide bonds. The molecule has 82 valence electrons. The molecule has 0 aliphatic rings. The first kappa shape index (κ1) is 12.2. The Kier molecular flexibility index (Phi) is 6.02. The zero-order valence-corrected chi connectivity index (χ0v) is 10.2. The summed E-state index contributed by atoms with van der Waals surface area (Å²) >= 11 is 1.75. The minimum atomic E-state index is 0.951. The van der Waals surface area contributed by atoms with Crippen LogP contribution >= 0.6 is 11.8 Å². The third kappa shape index (κ3) is 4.93. The van der Waals surface area contributed by atoms with Crippen molar-refractivity contribution in [2.24, 2.45) is 0 Å². The fourth-order valence-corrected chi connectivity index (χ4v) is 1.74. The van der Waals surface area contributed by atoms with Crippen molar-refractivity contribution in [1.82, 2.24) is 0 Å². The largest absolute Gasteiger partial charge is 0.497 e. The van der Waals surface area contributed by atoms with Crippen LogP contribution in [0, 0.1) is 0 Å². The summed E-state index contributed by atoms with van der Waals surface area (Å²) in [5.74, 6) is 0.951. The van der Waals surface area contributed by atoms with E-state index in [1.165, 1.54) is 12.0 Å². The van der Waals surface area contributed by atoms with Crippen molar-refractivity contribution in [2.75, 3.05) is 13.4 Å². The lowest BCUT2D eigenvalue weighted by molar-refractivity contribution is 0.414. The monoisotopic (exact) mass is 222 g/mol. The second-order valence-electron chi connectivity index (χ2n) is 3.35. The maximum atomic E-state index is 5.18. The summed E-state index contributed by atoms with van der Waals surface area (Å²) in [6.45, 7) is 0. The maximum absolute atomic E-state index is 5.18. The fraction of sp³-hybridized carbons (Fsp3) is 0.385. The molecule has 0 aliphatic heterocycles. The van der Waals surface area contributed by atoms with Crippen LogP contribution in [0.4, 0.5) is 0 Å². The van der Waals surface area contributed by atoms with Crippen molar-refractivity contribution in [3.8, 4) is 5.75 Å². The van der Waals surface area contributed by atoms with Gasteiger partial charge in [-0.1, -0.05) is 18.2 Å². The Hall–Kier alpha value is -0.890. The number of benzene rings is 1. The van der Waals surface area contributed by atoms with Crippen LogP contribution < -0.4 is 4.74 Å². The van der Waals surface area contributed by atoms with Crippen molar-refractivity contribution in [3.63, 3.8) is 0 Å². The number of unbranched alkanes of at least 4 members (excludes halogenated alkanes) is 1. The second-order valence-corrected chi connectivity index (χ2v) is 4.09. The van der Waals surface area contributed by atoms with Gasteiger partial charge in [-0.2, -0.15) is 0 Å². The highest BCUT2D eigenvalue weighted by atomic mass is 32.2. The van der Waals surface area contributed by atoms with E-state index in [0.717, 1.165) is 18.6 Å². The number of rotatable bonds is 6. The van der Waals surface area contributed by atoms with E-state index in [1.54, 1.807) is 18.9 Å². The zero-order chi connectivity index (χ0) is 10.9. The van der Waals surface area contributed by atoms with Gasteiger partial charge in [0, 0.05) is 0 Å². The Labute approximate surface area is 96.5 Å². The average molecular weight is 222 g/mol. The van der Waals surface area contributed by atoms with Crippen LogP contribution in [0.5, 0.6) is 5.75 Å². The van der Waals surface area contributed by atoms with E-state index in [-0.39, 0.29) is 0 Å². The fourth-order valence-electron chi connectivity index (χ4n) is 1.42. The van der Waals surface area contributed by atoms with Gasteiger partial charge in [-0.05, 0) is 48.6 Å². The van der Waals surface area contributed by atoms with Crippen molar-refractivity contribution in [1.29, 1.82) is 0 Å². The maximum Gasteiger partial charge on any atom is 0.119 e. The predicted molar refractivity (Wildman–Crippen MR) is 68.6 cm³/mol. The molecule has 0 saturated heterocycles. The summed E-state index contributed by atoms with van der Waals surface area (Å²) in [5, 5.41) is 2.14. The predicted octanol–water partition coefficient (Wildman–Crippen LogP) is 3.89. The van der Waals surface area contributed by atoms with E-state index in [4.69, 9.17) is 4.74 Å². The molecule has 2 heteroatoms. The van der Waals surface area contributed by atoms with E-state index in [9.17, 15) is 0 Å². The second kappa shape index (κ2) is 7.41. The van der Waals surface area contributed by atoms with Gasteiger partial charge in [-0.15, -0.1) is 11.8 Å². The van der Waals surface area contributed by atoms with E-state index < -0.39 is 0 Å². The lowest BCUT2D eigenvalue weighted by atomic mass is 10.1. The molecule has 0 N–H and O–H groups in total. The molecule has 0 radical (unpaired) electrons. The van der Waals surface area contributed by atoms with Gasteiger partial charge in [0.2, 0.25) is 0 Å². The van der Waals surface area contributed by atoms with Crippen LogP contribution in [-0.2, 0) is 6.42 Å². The first-order valence-electron chi connectivity index (χ1n) is 5.17. The summed E-state index contributed by atoms with van der Waals surface area (Å²) in [6.07, 6.45) is 7.78. The molecule has 0 bridgehead atoms. The number of ether oxygens (including phenoxy) is 1. The van der Waals surface area contributed by atoms with Crippen LogP contribution in [0.2, 0.25) is 0 Å². The third-order valence-electron chi connectivity index (χ3n) is 2.20. The highest BCUT2D eigenvalue weighted by molar-refractivity contribution is 8.01. The average Bonchev–Trinajstić information content (AvgIpc) is 2.29. The molecule has 1 aromatic carbocycles. The van der Waals surface area contributed by atoms with E-state index in [1.807, 2.05) is 12.1 Å². The summed E-state index contributed by atoms with van der Waals surface area (Å²) in [4.78, 5) is 0. The van der Waals surface area contributed by atoms with Gasteiger partial charge in [0.15, 0.2) is 0 Å². The van der Waals surface area contributed by atoms with Gasteiger partial charge in [0.25, 0.3) is 0 Å². The molecule has 1 nitrogen and oxygen atoms in total.